The number of benzene rings is 1. The number of nitrogens with one attached hydrogen (secondary N) is 1. The lowest BCUT2D eigenvalue weighted by Gasteiger charge is -2.29. The molecule has 0 aliphatic rings. The number of ether oxygens (including phenoxy) is 1. The van der Waals surface area contributed by atoms with Crippen LogP contribution in [0.2, 0.25) is 0 Å². The van der Waals surface area contributed by atoms with Crippen molar-refractivity contribution in [2.45, 2.75) is 39.7 Å². The molecule has 19 heavy (non-hydrogen) atoms. The Hall–Kier alpha value is -2.02. The summed E-state index contributed by atoms with van der Waals surface area (Å²) in [7, 11) is 1.62. The third-order valence-corrected chi connectivity index (χ3v) is 2.99. The van der Waals surface area contributed by atoms with E-state index in [0.717, 1.165) is 22.4 Å². The fraction of sp³-hybridized carbons (Fsp3) is 0.467. The highest BCUT2D eigenvalue weighted by Gasteiger charge is 2.27. The normalized spacial score (nSPS) is 10.7. The second-order valence-corrected chi connectivity index (χ2v) is 5.17. The summed E-state index contributed by atoms with van der Waals surface area (Å²) in [6, 6.07) is 5.89. The maximum Gasteiger partial charge on any atom is 0.234 e. The van der Waals surface area contributed by atoms with E-state index in [4.69, 9.17) is 10.00 Å². The molecule has 0 heterocycles. The molecule has 4 nitrogen and oxygen atoms in total. The molecule has 1 rings (SSSR count). The van der Waals surface area contributed by atoms with Gasteiger partial charge in [0.25, 0.3) is 0 Å². The van der Waals surface area contributed by atoms with Crippen LogP contribution in [0.4, 0.5) is 0 Å². The summed E-state index contributed by atoms with van der Waals surface area (Å²) in [5.41, 5.74) is 2.46. The van der Waals surface area contributed by atoms with E-state index in [0.29, 0.717) is 0 Å². The number of carbonyl (C=O) groups is 1. The standard InChI is InChI=1S/C15H20N2O2/c1-10-8-11(2)14(19-5)12(9-10)15(3,4)17-13(18)6-7-16/h8-9H,6H2,1-5H3,(H,17,18). The van der Waals surface area contributed by atoms with Crippen molar-refractivity contribution in [2.24, 2.45) is 0 Å². The van der Waals surface area contributed by atoms with Crippen LogP contribution in [0.25, 0.3) is 0 Å². The predicted octanol–water partition coefficient (Wildman–Crippen LogP) is 2.58. The van der Waals surface area contributed by atoms with E-state index in [1.807, 2.05) is 45.9 Å². The Bertz CT molecular complexity index is 528. The van der Waals surface area contributed by atoms with Gasteiger partial charge >= 0.3 is 0 Å². The first-order valence-electron chi connectivity index (χ1n) is 6.15. The second-order valence-electron chi connectivity index (χ2n) is 5.17. The minimum absolute atomic E-state index is 0.142. The topological polar surface area (TPSA) is 62.1 Å². The molecular formula is C15H20N2O2. The Kier molecular flexibility index (Phi) is 4.55. The van der Waals surface area contributed by atoms with E-state index in [2.05, 4.69) is 5.32 Å². The van der Waals surface area contributed by atoms with E-state index in [1.165, 1.54) is 0 Å². The van der Waals surface area contributed by atoms with E-state index < -0.39 is 5.54 Å². The van der Waals surface area contributed by atoms with Gasteiger partial charge in [-0.15, -0.1) is 0 Å². The molecule has 0 atom stereocenters. The van der Waals surface area contributed by atoms with Gasteiger partial charge in [-0.1, -0.05) is 17.7 Å². The molecular weight excluding hydrogens is 240 g/mol. The van der Waals surface area contributed by atoms with E-state index >= 15 is 0 Å². The maximum atomic E-state index is 11.6. The Labute approximate surface area is 114 Å². The molecule has 0 aliphatic carbocycles. The number of carbonyl (C=O) groups excluding carboxylic acids is 1. The highest BCUT2D eigenvalue weighted by molar-refractivity contribution is 5.79. The molecule has 0 unspecified atom stereocenters. The average Bonchev–Trinajstić information content (AvgIpc) is 2.27. The van der Waals surface area contributed by atoms with Crippen LogP contribution in [0.15, 0.2) is 12.1 Å². The predicted molar refractivity (Wildman–Crippen MR) is 73.9 cm³/mol. The summed E-state index contributed by atoms with van der Waals surface area (Å²) in [5, 5.41) is 11.4. The van der Waals surface area contributed by atoms with Gasteiger partial charge in [0.05, 0.1) is 18.7 Å². The third kappa shape index (κ3) is 3.47. The molecule has 0 radical (unpaired) electrons. The van der Waals surface area contributed by atoms with E-state index in [1.54, 1.807) is 7.11 Å². The number of nitrogens with zero attached hydrogens (tertiary/aromatic N) is 1. The number of nitriles is 1. The Morgan fingerprint density at radius 3 is 2.58 bits per heavy atom. The fourth-order valence-corrected chi connectivity index (χ4v) is 2.22. The molecule has 0 aliphatic heterocycles. The number of rotatable bonds is 4. The quantitative estimate of drug-likeness (QED) is 0.905. The SMILES string of the molecule is COc1c(C)cc(C)cc1C(C)(C)NC(=O)CC#N. The summed E-state index contributed by atoms with van der Waals surface area (Å²) in [6.45, 7) is 7.78. The zero-order chi connectivity index (χ0) is 14.6. The molecule has 0 aromatic heterocycles. The largest absolute Gasteiger partial charge is 0.496 e. The third-order valence-electron chi connectivity index (χ3n) is 2.99. The molecule has 1 aromatic rings. The molecule has 102 valence electrons. The molecule has 4 heteroatoms. The van der Waals surface area contributed by atoms with Gasteiger partial charge in [-0.2, -0.15) is 5.26 Å². The molecule has 0 fully saturated rings. The molecule has 1 N–H and O–H groups in total. The Balaban J connectivity index is 3.20. The summed E-state index contributed by atoms with van der Waals surface area (Å²) in [5.74, 6) is 0.488. The lowest BCUT2D eigenvalue weighted by Crippen LogP contribution is -2.41. The Morgan fingerprint density at radius 2 is 2.05 bits per heavy atom. The minimum atomic E-state index is -0.587. The molecule has 1 aromatic carbocycles. The van der Waals surface area contributed by atoms with Gasteiger partial charge in [0, 0.05) is 5.56 Å². The highest BCUT2D eigenvalue weighted by Crippen LogP contribution is 2.33. The van der Waals surface area contributed by atoms with Crippen molar-refractivity contribution < 1.29 is 9.53 Å². The van der Waals surface area contributed by atoms with Gasteiger partial charge in [-0.3, -0.25) is 4.79 Å². The number of hydrogen-bond donors (Lipinski definition) is 1. The van der Waals surface area contributed by atoms with Gasteiger partial charge in [-0.05, 0) is 33.3 Å². The van der Waals surface area contributed by atoms with Crippen molar-refractivity contribution in [3.05, 3.63) is 28.8 Å². The maximum absolute atomic E-state index is 11.6. The Morgan fingerprint density at radius 1 is 1.42 bits per heavy atom. The van der Waals surface area contributed by atoms with Crippen molar-refractivity contribution in [1.29, 1.82) is 5.26 Å². The van der Waals surface area contributed by atoms with Crippen LogP contribution in [-0.4, -0.2) is 13.0 Å². The van der Waals surface area contributed by atoms with E-state index in [-0.39, 0.29) is 12.3 Å². The summed E-state index contributed by atoms with van der Waals surface area (Å²) in [6.07, 6.45) is -0.142. The van der Waals surface area contributed by atoms with Crippen LogP contribution in [0.1, 0.15) is 37.0 Å². The van der Waals surface area contributed by atoms with Crippen molar-refractivity contribution in [3.63, 3.8) is 0 Å². The number of amides is 1. The van der Waals surface area contributed by atoms with Gasteiger partial charge in [0.1, 0.15) is 12.2 Å². The van der Waals surface area contributed by atoms with Crippen molar-refractivity contribution in [2.75, 3.05) is 7.11 Å². The van der Waals surface area contributed by atoms with Gasteiger partial charge in [0.2, 0.25) is 5.91 Å². The van der Waals surface area contributed by atoms with Crippen LogP contribution >= 0.6 is 0 Å². The summed E-state index contributed by atoms with van der Waals surface area (Å²) < 4.78 is 5.44. The monoisotopic (exact) mass is 260 g/mol. The minimum Gasteiger partial charge on any atom is -0.496 e. The average molecular weight is 260 g/mol. The van der Waals surface area contributed by atoms with Gasteiger partial charge < -0.3 is 10.1 Å². The first kappa shape index (κ1) is 15.0. The van der Waals surface area contributed by atoms with Crippen LogP contribution in [0.5, 0.6) is 5.75 Å². The van der Waals surface area contributed by atoms with Crippen LogP contribution < -0.4 is 10.1 Å². The molecule has 0 bridgehead atoms. The summed E-state index contributed by atoms with van der Waals surface area (Å²) in [4.78, 5) is 11.6. The van der Waals surface area contributed by atoms with Gasteiger partial charge in [0.15, 0.2) is 0 Å². The smallest absolute Gasteiger partial charge is 0.234 e. The number of aryl methyl sites for hydroxylation is 2. The summed E-state index contributed by atoms with van der Waals surface area (Å²) >= 11 is 0. The fourth-order valence-electron chi connectivity index (χ4n) is 2.22. The highest BCUT2D eigenvalue weighted by atomic mass is 16.5. The zero-order valence-electron chi connectivity index (χ0n) is 12.1. The number of hydrogen-bond acceptors (Lipinski definition) is 3. The van der Waals surface area contributed by atoms with Crippen molar-refractivity contribution in [1.82, 2.24) is 5.32 Å². The first-order chi connectivity index (χ1) is 8.81. The van der Waals surface area contributed by atoms with Crippen LogP contribution in [0, 0.1) is 25.2 Å². The van der Waals surface area contributed by atoms with Gasteiger partial charge in [-0.25, -0.2) is 0 Å². The molecule has 1 amide bonds. The lowest BCUT2D eigenvalue weighted by atomic mass is 9.90. The first-order valence-corrected chi connectivity index (χ1v) is 6.15. The molecule has 0 saturated carbocycles. The molecule has 0 spiro atoms. The number of methoxy groups -OCH3 is 1. The molecule has 0 saturated heterocycles. The van der Waals surface area contributed by atoms with Crippen molar-refractivity contribution >= 4 is 5.91 Å². The van der Waals surface area contributed by atoms with Crippen LogP contribution in [-0.2, 0) is 10.3 Å². The lowest BCUT2D eigenvalue weighted by molar-refractivity contribution is -0.121. The zero-order valence-corrected chi connectivity index (χ0v) is 12.1. The van der Waals surface area contributed by atoms with Crippen LogP contribution in [0.3, 0.4) is 0 Å². The van der Waals surface area contributed by atoms with E-state index in [9.17, 15) is 4.79 Å². The second kappa shape index (κ2) is 5.75. The van der Waals surface area contributed by atoms with Crippen molar-refractivity contribution in [3.8, 4) is 11.8 Å².